The quantitative estimate of drug-likeness (QED) is 0.844. The molecule has 0 spiro atoms. The number of likely N-dealkylation sites (tertiary alicyclic amines) is 1. The minimum absolute atomic E-state index is 0.567. The lowest BCUT2D eigenvalue weighted by Gasteiger charge is -2.31. The molecular formula is C14H21N5OS. The van der Waals surface area contributed by atoms with Crippen molar-refractivity contribution in [3.63, 3.8) is 0 Å². The highest BCUT2D eigenvalue weighted by molar-refractivity contribution is 7.11. The fourth-order valence-corrected chi connectivity index (χ4v) is 3.19. The van der Waals surface area contributed by atoms with Gasteiger partial charge in [-0.3, -0.25) is 4.90 Å². The van der Waals surface area contributed by atoms with E-state index in [4.69, 9.17) is 4.74 Å². The minimum Gasteiger partial charge on any atom is -0.470 e. The van der Waals surface area contributed by atoms with E-state index in [2.05, 4.69) is 24.6 Å². The van der Waals surface area contributed by atoms with Crippen LogP contribution in [0.25, 0.3) is 0 Å². The number of nitrogens with zero attached hydrogens (tertiary/aromatic N) is 5. The normalized spacial score (nSPS) is 19.8. The molecular weight excluding hydrogens is 286 g/mol. The SMILES string of the molecule is Cc1nnc(CN2CCCC(COc3nccs3)C2)n1C. The minimum atomic E-state index is 0.567. The maximum atomic E-state index is 5.76. The molecule has 0 saturated carbocycles. The molecule has 3 rings (SSSR count). The molecule has 114 valence electrons. The predicted molar refractivity (Wildman–Crippen MR) is 81.4 cm³/mol. The van der Waals surface area contributed by atoms with Gasteiger partial charge < -0.3 is 9.30 Å². The molecule has 21 heavy (non-hydrogen) atoms. The third-order valence-corrected chi connectivity index (χ3v) is 4.69. The van der Waals surface area contributed by atoms with Gasteiger partial charge in [0.05, 0.1) is 13.2 Å². The van der Waals surface area contributed by atoms with Crippen molar-refractivity contribution in [1.82, 2.24) is 24.6 Å². The molecule has 0 bridgehead atoms. The standard InChI is InChI=1S/C14H21N5OS/c1-11-16-17-13(18(11)2)9-19-6-3-4-12(8-19)10-20-14-15-5-7-21-14/h5,7,12H,3-4,6,8-10H2,1-2H3. The van der Waals surface area contributed by atoms with E-state index in [0.29, 0.717) is 5.92 Å². The van der Waals surface area contributed by atoms with Crippen LogP contribution in [-0.4, -0.2) is 44.3 Å². The summed E-state index contributed by atoms with van der Waals surface area (Å²) in [7, 11) is 2.03. The molecule has 0 amide bonds. The first kappa shape index (κ1) is 14.5. The van der Waals surface area contributed by atoms with E-state index < -0.39 is 0 Å². The Morgan fingerprint density at radius 3 is 3.05 bits per heavy atom. The van der Waals surface area contributed by atoms with Gasteiger partial charge in [0.25, 0.3) is 5.19 Å². The molecule has 1 saturated heterocycles. The Morgan fingerprint density at radius 2 is 2.33 bits per heavy atom. The first-order chi connectivity index (χ1) is 10.2. The summed E-state index contributed by atoms with van der Waals surface area (Å²) in [5.41, 5.74) is 0. The topological polar surface area (TPSA) is 56.1 Å². The second-order valence-corrected chi connectivity index (χ2v) is 6.43. The van der Waals surface area contributed by atoms with Crippen LogP contribution in [0.5, 0.6) is 5.19 Å². The molecule has 1 atom stereocenters. The smallest absolute Gasteiger partial charge is 0.273 e. The van der Waals surface area contributed by atoms with Crippen LogP contribution in [0.15, 0.2) is 11.6 Å². The van der Waals surface area contributed by atoms with Crippen molar-refractivity contribution in [2.45, 2.75) is 26.3 Å². The Balaban J connectivity index is 1.52. The Hall–Kier alpha value is -1.47. The van der Waals surface area contributed by atoms with E-state index >= 15 is 0 Å². The lowest BCUT2D eigenvalue weighted by atomic mass is 9.99. The number of ether oxygens (including phenoxy) is 1. The zero-order valence-corrected chi connectivity index (χ0v) is 13.3. The van der Waals surface area contributed by atoms with Gasteiger partial charge in [-0.05, 0) is 26.3 Å². The van der Waals surface area contributed by atoms with Crippen LogP contribution in [0, 0.1) is 12.8 Å². The van der Waals surface area contributed by atoms with Crippen molar-refractivity contribution in [1.29, 1.82) is 0 Å². The van der Waals surface area contributed by atoms with E-state index in [9.17, 15) is 0 Å². The highest BCUT2D eigenvalue weighted by atomic mass is 32.1. The van der Waals surface area contributed by atoms with E-state index in [0.717, 1.165) is 43.1 Å². The van der Waals surface area contributed by atoms with Gasteiger partial charge in [0.2, 0.25) is 0 Å². The molecule has 0 aromatic carbocycles. The van der Waals surface area contributed by atoms with Gasteiger partial charge in [-0.25, -0.2) is 4.98 Å². The summed E-state index contributed by atoms with van der Waals surface area (Å²) < 4.78 is 7.82. The van der Waals surface area contributed by atoms with E-state index in [1.165, 1.54) is 12.8 Å². The molecule has 6 nitrogen and oxygen atoms in total. The first-order valence-electron chi connectivity index (χ1n) is 7.32. The van der Waals surface area contributed by atoms with Gasteiger partial charge in [0.15, 0.2) is 0 Å². The molecule has 1 aliphatic rings. The van der Waals surface area contributed by atoms with Crippen molar-refractivity contribution in [2.75, 3.05) is 19.7 Å². The lowest BCUT2D eigenvalue weighted by molar-refractivity contribution is 0.122. The van der Waals surface area contributed by atoms with E-state index in [-0.39, 0.29) is 0 Å². The Bertz CT molecular complexity index is 568. The van der Waals surface area contributed by atoms with Gasteiger partial charge in [0, 0.05) is 31.1 Å². The summed E-state index contributed by atoms with van der Waals surface area (Å²) in [6.07, 6.45) is 4.21. The number of piperidine rings is 1. The molecule has 0 aliphatic carbocycles. The van der Waals surface area contributed by atoms with Crippen LogP contribution < -0.4 is 4.74 Å². The average molecular weight is 307 g/mol. The van der Waals surface area contributed by atoms with Crippen LogP contribution in [0.3, 0.4) is 0 Å². The molecule has 0 radical (unpaired) electrons. The predicted octanol–water partition coefficient (Wildman–Crippen LogP) is 1.87. The fourth-order valence-electron chi connectivity index (χ4n) is 2.69. The summed E-state index contributed by atoms with van der Waals surface area (Å²) in [6, 6.07) is 0. The third-order valence-electron chi connectivity index (χ3n) is 4.00. The van der Waals surface area contributed by atoms with Crippen molar-refractivity contribution in [3.05, 3.63) is 23.2 Å². The monoisotopic (exact) mass is 307 g/mol. The summed E-state index contributed by atoms with van der Waals surface area (Å²) in [5, 5.41) is 11.1. The summed E-state index contributed by atoms with van der Waals surface area (Å²) in [6.45, 7) is 5.78. The largest absolute Gasteiger partial charge is 0.470 e. The summed E-state index contributed by atoms with van der Waals surface area (Å²) in [5.74, 6) is 2.57. The third kappa shape index (κ3) is 3.59. The fraction of sp³-hybridized carbons (Fsp3) is 0.643. The van der Waals surface area contributed by atoms with Gasteiger partial charge in [-0.2, -0.15) is 0 Å². The molecule has 1 fully saturated rings. The highest BCUT2D eigenvalue weighted by Crippen LogP contribution is 2.21. The van der Waals surface area contributed by atoms with Gasteiger partial charge in [0.1, 0.15) is 11.6 Å². The summed E-state index contributed by atoms with van der Waals surface area (Å²) >= 11 is 1.55. The Kier molecular flexibility index (Phi) is 4.50. The Labute approximate surface area is 128 Å². The number of aromatic nitrogens is 4. The van der Waals surface area contributed by atoms with Gasteiger partial charge in [-0.1, -0.05) is 11.3 Å². The average Bonchev–Trinajstić information content (AvgIpc) is 3.11. The van der Waals surface area contributed by atoms with Crippen LogP contribution in [-0.2, 0) is 13.6 Å². The molecule has 0 N–H and O–H groups in total. The number of hydrogen-bond donors (Lipinski definition) is 0. The number of rotatable bonds is 5. The molecule has 1 aliphatic heterocycles. The van der Waals surface area contributed by atoms with Crippen molar-refractivity contribution >= 4 is 11.3 Å². The maximum absolute atomic E-state index is 5.76. The van der Waals surface area contributed by atoms with Gasteiger partial charge >= 0.3 is 0 Å². The Morgan fingerprint density at radius 1 is 1.43 bits per heavy atom. The van der Waals surface area contributed by atoms with Crippen LogP contribution in [0.2, 0.25) is 0 Å². The molecule has 1 unspecified atom stereocenters. The summed E-state index contributed by atoms with van der Waals surface area (Å²) in [4.78, 5) is 6.61. The van der Waals surface area contributed by atoms with Crippen LogP contribution in [0.4, 0.5) is 0 Å². The zero-order valence-electron chi connectivity index (χ0n) is 12.5. The van der Waals surface area contributed by atoms with Crippen molar-refractivity contribution in [2.24, 2.45) is 13.0 Å². The van der Waals surface area contributed by atoms with E-state index in [1.807, 2.05) is 19.4 Å². The number of hydrogen-bond acceptors (Lipinski definition) is 6. The zero-order chi connectivity index (χ0) is 14.7. The second-order valence-electron chi connectivity index (χ2n) is 5.57. The first-order valence-corrected chi connectivity index (χ1v) is 8.20. The molecule has 2 aromatic rings. The lowest BCUT2D eigenvalue weighted by Crippen LogP contribution is -2.37. The van der Waals surface area contributed by atoms with Crippen molar-refractivity contribution < 1.29 is 4.74 Å². The van der Waals surface area contributed by atoms with Crippen LogP contribution in [0.1, 0.15) is 24.5 Å². The van der Waals surface area contributed by atoms with E-state index in [1.54, 1.807) is 17.5 Å². The maximum Gasteiger partial charge on any atom is 0.273 e. The number of thiazole rings is 1. The molecule has 7 heteroatoms. The van der Waals surface area contributed by atoms with Crippen molar-refractivity contribution in [3.8, 4) is 5.19 Å². The van der Waals surface area contributed by atoms with Gasteiger partial charge in [-0.15, -0.1) is 10.2 Å². The van der Waals surface area contributed by atoms with Crippen LogP contribution >= 0.6 is 11.3 Å². The molecule has 3 heterocycles. The highest BCUT2D eigenvalue weighted by Gasteiger charge is 2.22. The number of aryl methyl sites for hydroxylation is 1. The molecule has 2 aromatic heterocycles. The second kappa shape index (κ2) is 6.53.